The van der Waals surface area contributed by atoms with Crippen LogP contribution in [0.2, 0.25) is 5.02 Å². The molecule has 0 N–H and O–H groups in total. The molecule has 1 aromatic heterocycles. The van der Waals surface area contributed by atoms with E-state index in [1.165, 1.54) is 0 Å². The number of hydrogen-bond acceptors (Lipinski definition) is 4. The minimum atomic E-state index is -0.114. The van der Waals surface area contributed by atoms with Crippen LogP contribution in [-0.2, 0) is 11.3 Å². The first kappa shape index (κ1) is 18.1. The van der Waals surface area contributed by atoms with Gasteiger partial charge in [-0.25, -0.2) is 4.63 Å². The van der Waals surface area contributed by atoms with E-state index in [0.29, 0.717) is 29.4 Å². The molecule has 1 unspecified atom stereocenters. The van der Waals surface area contributed by atoms with Crippen molar-refractivity contribution in [2.24, 2.45) is 0 Å². The Balaban J connectivity index is 1.83. The van der Waals surface area contributed by atoms with Gasteiger partial charge in [0, 0.05) is 24.4 Å². The highest BCUT2D eigenvalue weighted by molar-refractivity contribution is 6.31. The minimum absolute atomic E-state index is 0.00109. The van der Waals surface area contributed by atoms with Gasteiger partial charge in [0.05, 0.1) is 6.54 Å². The molecule has 0 bridgehead atoms. The van der Waals surface area contributed by atoms with Gasteiger partial charge >= 0.3 is 0 Å². The smallest absolute Gasteiger partial charge is 0.223 e. The van der Waals surface area contributed by atoms with Crippen molar-refractivity contribution in [2.45, 2.75) is 25.8 Å². The van der Waals surface area contributed by atoms with Crippen LogP contribution in [0.1, 0.15) is 34.9 Å². The number of halogens is 1. The van der Waals surface area contributed by atoms with Gasteiger partial charge in [0.2, 0.25) is 5.91 Å². The molecule has 6 heteroatoms. The van der Waals surface area contributed by atoms with Crippen LogP contribution in [0.25, 0.3) is 0 Å². The Labute approximate surface area is 157 Å². The molecule has 0 saturated carbocycles. The second-order valence-corrected chi connectivity index (χ2v) is 6.64. The van der Waals surface area contributed by atoms with E-state index in [0.717, 1.165) is 11.1 Å². The first-order chi connectivity index (χ1) is 12.6. The standard InChI is InChI=1S/C20H20ClN3O2/c1-14-19(23-26-22-14)13-24(2)20(25)12-17(15-8-4-3-5-9-15)16-10-6-7-11-18(16)21/h3-11,17H,12-13H2,1-2H3. The van der Waals surface area contributed by atoms with E-state index in [1.54, 1.807) is 18.9 Å². The molecule has 0 spiro atoms. The van der Waals surface area contributed by atoms with Crippen molar-refractivity contribution in [3.8, 4) is 0 Å². The SMILES string of the molecule is Cc1nonc1CN(C)C(=O)CC(c1ccccc1)c1ccccc1Cl. The van der Waals surface area contributed by atoms with Crippen LogP contribution in [0.5, 0.6) is 0 Å². The Kier molecular flexibility index (Phi) is 5.68. The number of carbonyl (C=O) groups is 1. The maximum absolute atomic E-state index is 12.9. The third-order valence-electron chi connectivity index (χ3n) is 4.42. The second kappa shape index (κ2) is 8.15. The van der Waals surface area contributed by atoms with E-state index in [2.05, 4.69) is 10.3 Å². The summed E-state index contributed by atoms with van der Waals surface area (Å²) in [4.78, 5) is 14.5. The van der Waals surface area contributed by atoms with Gasteiger partial charge in [0.25, 0.3) is 0 Å². The molecule has 1 amide bonds. The normalized spacial score (nSPS) is 12.0. The number of benzene rings is 2. The lowest BCUT2D eigenvalue weighted by Crippen LogP contribution is -2.28. The van der Waals surface area contributed by atoms with Crippen LogP contribution in [0.4, 0.5) is 0 Å². The van der Waals surface area contributed by atoms with Gasteiger partial charge in [0.1, 0.15) is 11.4 Å². The Hall–Kier alpha value is -2.66. The molecule has 0 saturated heterocycles. The van der Waals surface area contributed by atoms with Crippen LogP contribution >= 0.6 is 11.6 Å². The summed E-state index contributed by atoms with van der Waals surface area (Å²) in [5.41, 5.74) is 3.35. The van der Waals surface area contributed by atoms with Crippen molar-refractivity contribution in [2.75, 3.05) is 7.05 Å². The van der Waals surface area contributed by atoms with E-state index in [-0.39, 0.29) is 11.8 Å². The predicted octanol–water partition coefficient (Wildman–Crippen LogP) is 4.21. The van der Waals surface area contributed by atoms with E-state index in [9.17, 15) is 4.79 Å². The fourth-order valence-electron chi connectivity index (χ4n) is 2.89. The van der Waals surface area contributed by atoms with Gasteiger partial charge in [-0.2, -0.15) is 0 Å². The summed E-state index contributed by atoms with van der Waals surface area (Å²) in [6, 6.07) is 17.6. The Morgan fingerprint density at radius 2 is 1.81 bits per heavy atom. The van der Waals surface area contributed by atoms with Crippen molar-refractivity contribution in [3.05, 3.63) is 82.1 Å². The largest absolute Gasteiger partial charge is 0.340 e. The van der Waals surface area contributed by atoms with Gasteiger partial charge in [-0.3, -0.25) is 4.79 Å². The molecule has 0 aliphatic rings. The number of aryl methyl sites for hydroxylation is 1. The lowest BCUT2D eigenvalue weighted by Gasteiger charge is -2.22. The summed E-state index contributed by atoms with van der Waals surface area (Å²) in [5.74, 6) is -0.113. The van der Waals surface area contributed by atoms with Gasteiger partial charge in [-0.15, -0.1) is 0 Å². The Bertz CT molecular complexity index is 880. The van der Waals surface area contributed by atoms with Crippen LogP contribution in [0.15, 0.2) is 59.2 Å². The number of hydrogen-bond donors (Lipinski definition) is 0. The highest BCUT2D eigenvalue weighted by atomic mass is 35.5. The van der Waals surface area contributed by atoms with Gasteiger partial charge < -0.3 is 4.90 Å². The number of carbonyl (C=O) groups excluding carboxylic acids is 1. The van der Waals surface area contributed by atoms with Crippen LogP contribution in [0.3, 0.4) is 0 Å². The zero-order valence-electron chi connectivity index (χ0n) is 14.7. The van der Waals surface area contributed by atoms with Crippen molar-refractivity contribution in [3.63, 3.8) is 0 Å². The summed E-state index contributed by atoms with van der Waals surface area (Å²) < 4.78 is 4.71. The molecule has 134 valence electrons. The molecule has 26 heavy (non-hydrogen) atoms. The topological polar surface area (TPSA) is 59.2 Å². The van der Waals surface area contributed by atoms with Crippen LogP contribution in [-0.4, -0.2) is 28.2 Å². The summed E-state index contributed by atoms with van der Waals surface area (Å²) in [6.45, 7) is 2.17. The highest BCUT2D eigenvalue weighted by Gasteiger charge is 2.23. The third-order valence-corrected chi connectivity index (χ3v) is 4.76. The average Bonchev–Trinajstić information content (AvgIpc) is 3.05. The molecular weight excluding hydrogens is 350 g/mol. The molecule has 2 aromatic carbocycles. The van der Waals surface area contributed by atoms with Crippen LogP contribution in [0, 0.1) is 6.92 Å². The van der Waals surface area contributed by atoms with E-state index < -0.39 is 0 Å². The quantitative estimate of drug-likeness (QED) is 0.653. The fraction of sp³-hybridized carbons (Fsp3) is 0.250. The Morgan fingerprint density at radius 3 is 2.46 bits per heavy atom. The number of aromatic nitrogens is 2. The van der Waals surface area contributed by atoms with Crippen molar-refractivity contribution < 1.29 is 9.42 Å². The van der Waals surface area contributed by atoms with Crippen molar-refractivity contribution in [1.29, 1.82) is 0 Å². The number of nitrogens with zero attached hydrogens (tertiary/aromatic N) is 3. The average molecular weight is 370 g/mol. The van der Waals surface area contributed by atoms with Gasteiger partial charge in [-0.05, 0) is 24.1 Å². The molecule has 0 aliphatic carbocycles. The summed E-state index contributed by atoms with van der Waals surface area (Å²) in [6.07, 6.45) is 0.314. The number of amides is 1. The maximum Gasteiger partial charge on any atom is 0.223 e. The highest BCUT2D eigenvalue weighted by Crippen LogP contribution is 2.33. The summed E-state index contributed by atoms with van der Waals surface area (Å²) in [7, 11) is 1.76. The maximum atomic E-state index is 12.9. The van der Waals surface area contributed by atoms with Gasteiger partial charge in [-0.1, -0.05) is 70.4 Å². The number of rotatable bonds is 6. The molecule has 3 aromatic rings. The third kappa shape index (κ3) is 4.11. The lowest BCUT2D eigenvalue weighted by molar-refractivity contribution is -0.130. The summed E-state index contributed by atoms with van der Waals surface area (Å²) in [5, 5.41) is 8.26. The monoisotopic (exact) mass is 369 g/mol. The second-order valence-electron chi connectivity index (χ2n) is 6.24. The molecule has 1 heterocycles. The lowest BCUT2D eigenvalue weighted by atomic mass is 9.88. The molecule has 5 nitrogen and oxygen atoms in total. The minimum Gasteiger partial charge on any atom is -0.340 e. The molecule has 0 aliphatic heterocycles. The van der Waals surface area contributed by atoms with Gasteiger partial charge in [0.15, 0.2) is 0 Å². The molecule has 1 atom stereocenters. The van der Waals surface area contributed by atoms with Crippen molar-refractivity contribution in [1.82, 2.24) is 15.2 Å². The molecule has 0 radical (unpaired) electrons. The fourth-order valence-corrected chi connectivity index (χ4v) is 3.15. The Morgan fingerprint density at radius 1 is 1.12 bits per heavy atom. The van der Waals surface area contributed by atoms with E-state index >= 15 is 0 Å². The molecule has 0 fully saturated rings. The zero-order valence-corrected chi connectivity index (χ0v) is 15.5. The zero-order chi connectivity index (χ0) is 18.5. The first-order valence-electron chi connectivity index (χ1n) is 8.37. The predicted molar refractivity (Wildman–Crippen MR) is 99.9 cm³/mol. The summed E-state index contributed by atoms with van der Waals surface area (Å²) >= 11 is 6.41. The van der Waals surface area contributed by atoms with E-state index in [4.69, 9.17) is 16.2 Å². The van der Waals surface area contributed by atoms with Crippen molar-refractivity contribution >= 4 is 17.5 Å². The molecule has 3 rings (SSSR count). The van der Waals surface area contributed by atoms with Crippen LogP contribution < -0.4 is 0 Å². The molecular formula is C20H20ClN3O2. The van der Waals surface area contributed by atoms with E-state index in [1.807, 2.05) is 54.6 Å². The first-order valence-corrected chi connectivity index (χ1v) is 8.75.